The molecule has 1 fully saturated rings. The molecule has 0 radical (unpaired) electrons. The summed E-state index contributed by atoms with van der Waals surface area (Å²) >= 11 is 0. The van der Waals surface area contributed by atoms with Crippen molar-refractivity contribution in [2.75, 3.05) is 20.2 Å². The van der Waals surface area contributed by atoms with Crippen LogP contribution in [0.2, 0.25) is 0 Å². The minimum Gasteiger partial charge on any atom is -0.453 e. The molecule has 1 atom stereocenters. The van der Waals surface area contributed by atoms with Gasteiger partial charge in [0.25, 0.3) is 0 Å². The van der Waals surface area contributed by atoms with Gasteiger partial charge in [-0.1, -0.05) is 12.1 Å². The fourth-order valence-electron chi connectivity index (χ4n) is 2.61. The summed E-state index contributed by atoms with van der Waals surface area (Å²) in [6.45, 7) is -1.66. The molecule has 8 heteroatoms. The number of ether oxygens (including phenoxy) is 2. The van der Waals surface area contributed by atoms with Crippen molar-refractivity contribution in [3.63, 3.8) is 0 Å². The molecule has 1 aliphatic rings. The molecular formula is C16H20F2N2O4. The first-order chi connectivity index (χ1) is 11.5. The monoisotopic (exact) mass is 342 g/mol. The molecule has 1 saturated heterocycles. The normalized spacial score (nSPS) is 17.5. The van der Waals surface area contributed by atoms with Crippen molar-refractivity contribution >= 4 is 12.0 Å². The van der Waals surface area contributed by atoms with E-state index in [0.29, 0.717) is 19.5 Å². The van der Waals surface area contributed by atoms with E-state index in [9.17, 15) is 18.4 Å². The van der Waals surface area contributed by atoms with E-state index in [1.54, 1.807) is 12.1 Å². The minimum atomic E-state index is -2.86. The Kier molecular flexibility index (Phi) is 6.34. The van der Waals surface area contributed by atoms with E-state index in [4.69, 9.17) is 0 Å². The van der Waals surface area contributed by atoms with Gasteiger partial charge in [-0.15, -0.1) is 0 Å². The van der Waals surface area contributed by atoms with Crippen LogP contribution in [0.3, 0.4) is 0 Å². The van der Waals surface area contributed by atoms with Crippen LogP contribution in [0, 0.1) is 5.92 Å². The van der Waals surface area contributed by atoms with Gasteiger partial charge in [0.1, 0.15) is 5.75 Å². The number of methoxy groups -OCH3 is 1. The molecule has 1 aromatic rings. The Hall–Kier alpha value is -2.38. The topological polar surface area (TPSA) is 67.9 Å². The van der Waals surface area contributed by atoms with Crippen LogP contribution in [-0.4, -0.2) is 43.7 Å². The second-order valence-corrected chi connectivity index (χ2v) is 5.50. The second-order valence-electron chi connectivity index (χ2n) is 5.50. The van der Waals surface area contributed by atoms with Crippen molar-refractivity contribution in [3.8, 4) is 5.75 Å². The molecule has 2 amide bonds. The maximum atomic E-state index is 12.2. The van der Waals surface area contributed by atoms with Crippen molar-refractivity contribution in [1.29, 1.82) is 0 Å². The standard InChI is InChI=1S/C16H20F2N2O4/c1-23-16(22)20-8-2-3-12(10-20)14(21)19-9-11-4-6-13(7-5-11)24-15(17)18/h4-7,12,15H,2-3,8-10H2,1H3,(H,19,21). The van der Waals surface area contributed by atoms with Gasteiger partial charge in [0.2, 0.25) is 5.91 Å². The van der Waals surface area contributed by atoms with Crippen molar-refractivity contribution < 1.29 is 27.8 Å². The van der Waals surface area contributed by atoms with Gasteiger partial charge in [-0.25, -0.2) is 4.79 Å². The highest BCUT2D eigenvalue weighted by atomic mass is 19.3. The van der Waals surface area contributed by atoms with E-state index in [1.165, 1.54) is 24.1 Å². The Labute approximate surface area is 138 Å². The Bertz CT molecular complexity index is 566. The molecule has 0 aliphatic carbocycles. The number of rotatable bonds is 5. The number of alkyl halides is 2. The van der Waals surface area contributed by atoms with Gasteiger partial charge in [0.15, 0.2) is 0 Å². The van der Waals surface area contributed by atoms with Crippen LogP contribution in [-0.2, 0) is 16.1 Å². The molecule has 1 unspecified atom stereocenters. The lowest BCUT2D eigenvalue weighted by Crippen LogP contribution is -2.45. The molecule has 2 rings (SSSR count). The summed E-state index contributed by atoms with van der Waals surface area (Å²) in [6.07, 6.45) is 1.02. The summed E-state index contributed by atoms with van der Waals surface area (Å²) in [5.74, 6) is -0.350. The van der Waals surface area contributed by atoms with Crippen LogP contribution in [0.1, 0.15) is 18.4 Å². The third-order valence-corrected chi connectivity index (χ3v) is 3.84. The Morgan fingerprint density at radius 1 is 1.33 bits per heavy atom. The van der Waals surface area contributed by atoms with E-state index in [1.807, 2.05) is 0 Å². The minimum absolute atomic E-state index is 0.0704. The molecular weight excluding hydrogens is 322 g/mol. The molecule has 24 heavy (non-hydrogen) atoms. The first-order valence-corrected chi connectivity index (χ1v) is 7.64. The number of halogens is 2. The average molecular weight is 342 g/mol. The third kappa shape index (κ3) is 5.07. The number of hydrogen-bond acceptors (Lipinski definition) is 4. The smallest absolute Gasteiger partial charge is 0.409 e. The van der Waals surface area contributed by atoms with E-state index in [2.05, 4.69) is 14.8 Å². The molecule has 0 aromatic heterocycles. The number of piperidine rings is 1. The number of carbonyl (C=O) groups is 2. The van der Waals surface area contributed by atoms with Crippen molar-refractivity contribution in [1.82, 2.24) is 10.2 Å². The zero-order valence-corrected chi connectivity index (χ0v) is 13.3. The Morgan fingerprint density at radius 2 is 2.04 bits per heavy atom. The highest BCUT2D eigenvalue weighted by Crippen LogP contribution is 2.18. The summed E-state index contributed by atoms with van der Waals surface area (Å²) < 4.78 is 33.1. The molecule has 0 spiro atoms. The third-order valence-electron chi connectivity index (χ3n) is 3.84. The lowest BCUT2D eigenvalue weighted by Gasteiger charge is -2.30. The molecule has 132 valence electrons. The summed E-state index contributed by atoms with van der Waals surface area (Å²) in [6, 6.07) is 6.07. The first-order valence-electron chi connectivity index (χ1n) is 7.64. The van der Waals surface area contributed by atoms with Crippen LogP contribution in [0.25, 0.3) is 0 Å². The predicted octanol–water partition coefficient (Wildman–Crippen LogP) is 2.38. The lowest BCUT2D eigenvalue weighted by molar-refractivity contribution is -0.126. The van der Waals surface area contributed by atoms with E-state index >= 15 is 0 Å². The summed E-state index contributed by atoms with van der Waals surface area (Å²) in [5.41, 5.74) is 0.769. The zero-order chi connectivity index (χ0) is 17.5. The molecule has 1 N–H and O–H groups in total. The van der Waals surface area contributed by atoms with Crippen molar-refractivity contribution in [3.05, 3.63) is 29.8 Å². The molecule has 0 saturated carbocycles. The number of amides is 2. The first kappa shape index (κ1) is 18.0. The van der Waals surface area contributed by atoms with Gasteiger partial charge < -0.3 is 19.7 Å². The van der Waals surface area contributed by atoms with Crippen LogP contribution in [0.5, 0.6) is 5.75 Å². The maximum Gasteiger partial charge on any atom is 0.409 e. The number of likely N-dealkylation sites (tertiary alicyclic amines) is 1. The number of hydrogen-bond donors (Lipinski definition) is 1. The fourth-order valence-corrected chi connectivity index (χ4v) is 2.61. The molecule has 1 aliphatic heterocycles. The highest BCUT2D eigenvalue weighted by Gasteiger charge is 2.28. The van der Waals surface area contributed by atoms with Crippen molar-refractivity contribution in [2.45, 2.75) is 26.0 Å². The Balaban J connectivity index is 1.83. The number of nitrogens with zero attached hydrogens (tertiary/aromatic N) is 1. The maximum absolute atomic E-state index is 12.2. The Morgan fingerprint density at radius 3 is 2.67 bits per heavy atom. The predicted molar refractivity (Wildman–Crippen MR) is 81.6 cm³/mol. The summed E-state index contributed by atoms with van der Waals surface area (Å²) in [4.78, 5) is 25.3. The van der Waals surface area contributed by atoms with E-state index < -0.39 is 12.7 Å². The molecule has 0 bridgehead atoms. The largest absolute Gasteiger partial charge is 0.453 e. The molecule has 1 aromatic carbocycles. The average Bonchev–Trinajstić information content (AvgIpc) is 2.59. The van der Waals surface area contributed by atoms with E-state index in [-0.39, 0.29) is 24.1 Å². The van der Waals surface area contributed by atoms with Gasteiger partial charge in [-0.2, -0.15) is 8.78 Å². The quantitative estimate of drug-likeness (QED) is 0.892. The second kappa shape index (κ2) is 8.47. The summed E-state index contributed by atoms with van der Waals surface area (Å²) in [7, 11) is 1.31. The molecule has 1 heterocycles. The number of carbonyl (C=O) groups excluding carboxylic acids is 2. The van der Waals surface area contributed by atoms with E-state index in [0.717, 1.165) is 12.0 Å². The van der Waals surface area contributed by atoms with Gasteiger partial charge in [0, 0.05) is 19.6 Å². The van der Waals surface area contributed by atoms with Gasteiger partial charge >= 0.3 is 12.7 Å². The van der Waals surface area contributed by atoms with Crippen LogP contribution in [0.4, 0.5) is 13.6 Å². The van der Waals surface area contributed by atoms with Gasteiger partial charge in [0.05, 0.1) is 13.0 Å². The van der Waals surface area contributed by atoms with Crippen LogP contribution < -0.4 is 10.1 Å². The zero-order valence-electron chi connectivity index (χ0n) is 13.3. The fraction of sp³-hybridized carbons (Fsp3) is 0.500. The van der Waals surface area contributed by atoms with Crippen LogP contribution in [0.15, 0.2) is 24.3 Å². The number of benzene rings is 1. The SMILES string of the molecule is COC(=O)N1CCCC(C(=O)NCc2ccc(OC(F)F)cc2)C1. The van der Waals surface area contributed by atoms with Crippen molar-refractivity contribution in [2.24, 2.45) is 5.92 Å². The lowest BCUT2D eigenvalue weighted by atomic mass is 9.97. The van der Waals surface area contributed by atoms with Crippen LogP contribution >= 0.6 is 0 Å². The molecule has 6 nitrogen and oxygen atoms in total. The highest BCUT2D eigenvalue weighted by molar-refractivity contribution is 5.80. The number of nitrogens with one attached hydrogen (secondary N) is 1. The van der Waals surface area contributed by atoms with Gasteiger partial charge in [-0.05, 0) is 30.5 Å². The summed E-state index contributed by atoms with van der Waals surface area (Å²) in [5, 5.41) is 2.80. The van der Waals surface area contributed by atoms with Gasteiger partial charge in [-0.3, -0.25) is 4.79 Å².